The summed E-state index contributed by atoms with van der Waals surface area (Å²) < 4.78 is 5.24. The Hall–Kier alpha value is -1.91. The minimum absolute atomic E-state index is 0.00839. The van der Waals surface area contributed by atoms with Crippen LogP contribution in [-0.2, 0) is 20.7 Å². The molecule has 5 nitrogen and oxygen atoms in total. The summed E-state index contributed by atoms with van der Waals surface area (Å²) in [4.78, 5) is 28.0. The average Bonchev–Trinajstić information content (AvgIpc) is 2.60. The molecule has 1 amide bonds. The van der Waals surface area contributed by atoms with Crippen LogP contribution in [0.4, 0.5) is 0 Å². The van der Waals surface area contributed by atoms with Gasteiger partial charge in [0.1, 0.15) is 6.04 Å². The first kappa shape index (κ1) is 17.4. The van der Waals surface area contributed by atoms with Crippen molar-refractivity contribution in [3.8, 4) is 0 Å². The van der Waals surface area contributed by atoms with E-state index in [0.717, 1.165) is 38.5 Å². The van der Waals surface area contributed by atoms with E-state index in [-0.39, 0.29) is 17.8 Å². The molecule has 1 aliphatic rings. The molecule has 2 rings (SSSR count). The number of nitrogens with zero attached hydrogens (tertiary/aromatic N) is 1. The van der Waals surface area contributed by atoms with Gasteiger partial charge < -0.3 is 10.1 Å². The van der Waals surface area contributed by atoms with Crippen LogP contribution in [0.2, 0.25) is 0 Å². The van der Waals surface area contributed by atoms with E-state index in [1.807, 2.05) is 12.1 Å². The van der Waals surface area contributed by atoms with Crippen molar-refractivity contribution in [2.75, 3.05) is 6.61 Å². The molecule has 5 heteroatoms. The summed E-state index contributed by atoms with van der Waals surface area (Å²) in [5, 5.41) is 2.79. The number of rotatable bonds is 7. The number of esters is 1. The van der Waals surface area contributed by atoms with Gasteiger partial charge in [-0.15, -0.1) is 0 Å². The largest absolute Gasteiger partial charge is 0.464 e. The van der Waals surface area contributed by atoms with Crippen LogP contribution in [-0.4, -0.2) is 29.5 Å². The van der Waals surface area contributed by atoms with Gasteiger partial charge in [-0.1, -0.05) is 19.3 Å². The first-order valence-electron chi connectivity index (χ1n) is 8.52. The second-order valence-corrected chi connectivity index (χ2v) is 6.19. The molecule has 0 spiro atoms. The zero-order valence-electron chi connectivity index (χ0n) is 13.8. The molecule has 1 aromatic rings. The Kier molecular flexibility index (Phi) is 7.04. The van der Waals surface area contributed by atoms with E-state index in [1.165, 1.54) is 12.0 Å². The summed E-state index contributed by atoms with van der Waals surface area (Å²) in [7, 11) is 0. The average molecular weight is 318 g/mol. The second kappa shape index (κ2) is 9.28. The van der Waals surface area contributed by atoms with Crippen molar-refractivity contribution in [2.45, 2.75) is 57.9 Å². The summed E-state index contributed by atoms with van der Waals surface area (Å²) in [6.07, 6.45) is 10.4. The molecule has 0 saturated heterocycles. The molecule has 126 valence electrons. The third kappa shape index (κ3) is 6.00. The molecule has 0 radical (unpaired) electrons. The molecule has 1 aromatic heterocycles. The van der Waals surface area contributed by atoms with Crippen LogP contribution in [0.15, 0.2) is 24.5 Å². The first-order valence-corrected chi connectivity index (χ1v) is 8.52. The number of pyridine rings is 1. The fourth-order valence-electron chi connectivity index (χ4n) is 2.88. The highest BCUT2D eigenvalue weighted by Gasteiger charge is 2.24. The van der Waals surface area contributed by atoms with Gasteiger partial charge >= 0.3 is 5.97 Å². The van der Waals surface area contributed by atoms with Crippen LogP contribution in [0.5, 0.6) is 0 Å². The molecule has 23 heavy (non-hydrogen) atoms. The molecule has 1 unspecified atom stereocenters. The molecule has 0 bridgehead atoms. The summed E-state index contributed by atoms with van der Waals surface area (Å²) in [6, 6.07) is 3.33. The zero-order valence-corrected chi connectivity index (χ0v) is 13.8. The monoisotopic (exact) mass is 318 g/mol. The van der Waals surface area contributed by atoms with Gasteiger partial charge in [-0.3, -0.25) is 9.78 Å². The summed E-state index contributed by atoms with van der Waals surface area (Å²) in [5.74, 6) is -0.305. The highest BCUT2D eigenvalue weighted by atomic mass is 16.5. The van der Waals surface area contributed by atoms with Gasteiger partial charge in [0.05, 0.1) is 6.61 Å². The number of nitrogens with one attached hydrogen (secondary N) is 1. The maximum Gasteiger partial charge on any atom is 0.328 e. The number of aryl methyl sites for hydroxylation is 1. The van der Waals surface area contributed by atoms with Crippen LogP contribution in [0.25, 0.3) is 0 Å². The summed E-state index contributed by atoms with van der Waals surface area (Å²) in [5.41, 5.74) is 1.18. The molecule has 1 N–H and O–H groups in total. The minimum Gasteiger partial charge on any atom is -0.464 e. The summed E-state index contributed by atoms with van der Waals surface area (Å²) in [6.45, 7) is 2.05. The Morgan fingerprint density at radius 2 is 1.96 bits per heavy atom. The predicted octanol–water partition coefficient (Wildman–Crippen LogP) is 2.64. The van der Waals surface area contributed by atoms with Crippen molar-refractivity contribution in [3.05, 3.63) is 30.1 Å². The van der Waals surface area contributed by atoms with Gasteiger partial charge in [-0.25, -0.2) is 4.79 Å². The highest BCUT2D eigenvalue weighted by Crippen LogP contribution is 2.23. The normalized spacial score (nSPS) is 16.6. The highest BCUT2D eigenvalue weighted by molar-refractivity contribution is 5.85. The molecule has 1 heterocycles. The number of hydrogen-bond acceptors (Lipinski definition) is 4. The second-order valence-electron chi connectivity index (χ2n) is 6.19. The number of aromatic nitrogens is 1. The molecule has 0 aliphatic heterocycles. The minimum atomic E-state index is -0.578. The smallest absolute Gasteiger partial charge is 0.328 e. The topological polar surface area (TPSA) is 68.3 Å². The quantitative estimate of drug-likeness (QED) is 0.620. The van der Waals surface area contributed by atoms with E-state index in [2.05, 4.69) is 10.3 Å². The van der Waals surface area contributed by atoms with E-state index in [1.54, 1.807) is 19.3 Å². The standard InChI is InChI=1S/C18H26N2O3/c1-14(20-17(21)16-7-3-2-4-8-16)18(22)23-13-5-6-15-9-11-19-12-10-15/h9-12,14,16H,2-8,13H2,1H3,(H,20,21). The van der Waals surface area contributed by atoms with Gasteiger partial charge in [0, 0.05) is 18.3 Å². The van der Waals surface area contributed by atoms with E-state index < -0.39 is 6.04 Å². The van der Waals surface area contributed by atoms with Crippen LogP contribution >= 0.6 is 0 Å². The molecule has 1 saturated carbocycles. The van der Waals surface area contributed by atoms with E-state index >= 15 is 0 Å². The van der Waals surface area contributed by atoms with Crippen molar-refractivity contribution in [3.63, 3.8) is 0 Å². The lowest BCUT2D eigenvalue weighted by atomic mass is 9.88. The maximum absolute atomic E-state index is 12.1. The Balaban J connectivity index is 1.63. The van der Waals surface area contributed by atoms with E-state index in [0.29, 0.717) is 6.61 Å². The van der Waals surface area contributed by atoms with Gasteiger partial charge in [0.15, 0.2) is 0 Å². The maximum atomic E-state index is 12.1. The van der Waals surface area contributed by atoms with Crippen molar-refractivity contribution in [1.82, 2.24) is 10.3 Å². The van der Waals surface area contributed by atoms with Crippen LogP contribution < -0.4 is 5.32 Å². The van der Waals surface area contributed by atoms with Crippen LogP contribution in [0.3, 0.4) is 0 Å². The molecule has 1 fully saturated rings. The molecule has 1 aliphatic carbocycles. The van der Waals surface area contributed by atoms with Gasteiger partial charge in [-0.2, -0.15) is 0 Å². The lowest BCUT2D eigenvalue weighted by molar-refractivity contribution is -0.148. The number of hydrogen-bond donors (Lipinski definition) is 1. The van der Waals surface area contributed by atoms with Crippen molar-refractivity contribution in [1.29, 1.82) is 0 Å². The Labute approximate surface area is 137 Å². The number of carbonyl (C=O) groups is 2. The van der Waals surface area contributed by atoms with Crippen molar-refractivity contribution >= 4 is 11.9 Å². The number of ether oxygens (including phenoxy) is 1. The molecule has 0 aromatic carbocycles. The van der Waals surface area contributed by atoms with Gasteiger partial charge in [0.25, 0.3) is 0 Å². The van der Waals surface area contributed by atoms with E-state index in [4.69, 9.17) is 4.74 Å². The Morgan fingerprint density at radius 1 is 1.26 bits per heavy atom. The van der Waals surface area contributed by atoms with Crippen molar-refractivity contribution in [2.24, 2.45) is 5.92 Å². The Bertz CT molecular complexity index is 498. The van der Waals surface area contributed by atoms with Crippen molar-refractivity contribution < 1.29 is 14.3 Å². The lowest BCUT2D eigenvalue weighted by Gasteiger charge is -2.22. The Morgan fingerprint density at radius 3 is 2.65 bits per heavy atom. The zero-order chi connectivity index (χ0) is 16.5. The molecular formula is C18H26N2O3. The van der Waals surface area contributed by atoms with Gasteiger partial charge in [-0.05, 0) is 50.3 Å². The molecular weight excluding hydrogens is 292 g/mol. The fourth-order valence-corrected chi connectivity index (χ4v) is 2.88. The third-order valence-electron chi connectivity index (χ3n) is 4.29. The fraction of sp³-hybridized carbons (Fsp3) is 0.611. The van der Waals surface area contributed by atoms with Gasteiger partial charge in [0.2, 0.25) is 5.91 Å². The first-order chi connectivity index (χ1) is 11.2. The lowest BCUT2D eigenvalue weighted by Crippen LogP contribution is -2.43. The number of carbonyl (C=O) groups excluding carboxylic acids is 2. The third-order valence-corrected chi connectivity index (χ3v) is 4.29. The molecule has 1 atom stereocenters. The predicted molar refractivity (Wildman–Crippen MR) is 87.7 cm³/mol. The van der Waals surface area contributed by atoms with Crippen LogP contribution in [0, 0.1) is 5.92 Å². The summed E-state index contributed by atoms with van der Waals surface area (Å²) >= 11 is 0. The van der Waals surface area contributed by atoms with Crippen LogP contribution in [0.1, 0.15) is 51.0 Å². The van der Waals surface area contributed by atoms with E-state index in [9.17, 15) is 9.59 Å². The SMILES string of the molecule is CC(NC(=O)C1CCCCC1)C(=O)OCCCc1ccncc1. The number of amides is 1.